The molecule has 0 bridgehead atoms. The minimum Gasteiger partial charge on any atom is -0.462 e. The second-order valence-electron chi connectivity index (χ2n) is 4.57. The Balaban J connectivity index is 2.71. The van der Waals surface area contributed by atoms with Crippen molar-refractivity contribution in [3.8, 4) is 0 Å². The topological polar surface area (TPSA) is 93.2 Å². The minimum atomic E-state index is -0.454. The van der Waals surface area contributed by atoms with Crippen molar-refractivity contribution in [2.24, 2.45) is 0 Å². The molecular formula is C14H22N4O3. The number of hydrogen-bond acceptors (Lipinski definition) is 6. The van der Waals surface area contributed by atoms with E-state index in [1.807, 2.05) is 6.92 Å². The number of carbonyl (C=O) groups excluding carboxylic acids is 2. The van der Waals surface area contributed by atoms with Crippen LogP contribution >= 0.6 is 0 Å². The zero-order valence-corrected chi connectivity index (χ0v) is 12.9. The van der Waals surface area contributed by atoms with Crippen LogP contribution < -0.4 is 10.6 Å². The molecule has 116 valence electrons. The molecular weight excluding hydrogens is 272 g/mol. The first kappa shape index (κ1) is 16.9. The van der Waals surface area contributed by atoms with Crippen molar-refractivity contribution in [3.05, 3.63) is 17.5 Å². The van der Waals surface area contributed by atoms with Gasteiger partial charge in [0.1, 0.15) is 6.04 Å². The molecule has 1 atom stereocenters. The van der Waals surface area contributed by atoms with Crippen LogP contribution in [-0.2, 0) is 9.53 Å². The Bertz CT molecular complexity index is 505. The molecule has 7 nitrogen and oxygen atoms in total. The first-order chi connectivity index (χ1) is 9.99. The fourth-order valence-electron chi connectivity index (χ4n) is 1.61. The zero-order chi connectivity index (χ0) is 15.8. The highest BCUT2D eigenvalue weighted by atomic mass is 16.5. The van der Waals surface area contributed by atoms with E-state index in [1.165, 1.54) is 6.20 Å². The Morgan fingerprint density at radius 3 is 2.67 bits per heavy atom. The Morgan fingerprint density at radius 2 is 2.10 bits per heavy atom. The molecule has 1 aromatic heterocycles. The number of anilines is 1. The van der Waals surface area contributed by atoms with Crippen LogP contribution in [0.3, 0.4) is 0 Å². The standard InChI is InChI=1S/C14H22N4O3/c1-5-7-15-12(19)10(4)18-14-16-8-11(9(3)17-14)13(20)21-6-2/h8,10H,5-7H2,1-4H3,(H,15,19)(H,16,17,18). The third kappa shape index (κ3) is 5.02. The average molecular weight is 294 g/mol. The molecule has 1 amide bonds. The summed E-state index contributed by atoms with van der Waals surface area (Å²) in [5.74, 6) is -0.262. The Hall–Kier alpha value is -2.18. The second kappa shape index (κ2) is 8.18. The van der Waals surface area contributed by atoms with Crippen LogP contribution in [0.2, 0.25) is 0 Å². The average Bonchev–Trinajstić information content (AvgIpc) is 2.44. The maximum atomic E-state index is 11.7. The zero-order valence-electron chi connectivity index (χ0n) is 12.9. The van der Waals surface area contributed by atoms with Crippen molar-refractivity contribution in [2.75, 3.05) is 18.5 Å². The van der Waals surface area contributed by atoms with Gasteiger partial charge in [0, 0.05) is 12.7 Å². The SMILES string of the molecule is CCCNC(=O)C(C)Nc1ncc(C(=O)OCC)c(C)n1. The quantitative estimate of drug-likeness (QED) is 0.736. The lowest BCUT2D eigenvalue weighted by Crippen LogP contribution is -2.38. The highest BCUT2D eigenvalue weighted by Crippen LogP contribution is 2.09. The molecule has 1 unspecified atom stereocenters. The minimum absolute atomic E-state index is 0.118. The van der Waals surface area contributed by atoms with E-state index in [9.17, 15) is 9.59 Å². The molecule has 0 aliphatic rings. The summed E-state index contributed by atoms with van der Waals surface area (Å²) in [6.45, 7) is 8.07. The van der Waals surface area contributed by atoms with Crippen molar-refractivity contribution in [1.82, 2.24) is 15.3 Å². The van der Waals surface area contributed by atoms with Gasteiger partial charge in [-0.05, 0) is 27.2 Å². The maximum absolute atomic E-state index is 11.7. The van der Waals surface area contributed by atoms with Crippen molar-refractivity contribution < 1.29 is 14.3 Å². The van der Waals surface area contributed by atoms with Gasteiger partial charge in [0.25, 0.3) is 0 Å². The van der Waals surface area contributed by atoms with E-state index in [1.54, 1.807) is 20.8 Å². The van der Waals surface area contributed by atoms with Crippen LogP contribution in [0.25, 0.3) is 0 Å². The Kier molecular flexibility index (Phi) is 6.58. The predicted molar refractivity (Wildman–Crippen MR) is 79.1 cm³/mol. The van der Waals surface area contributed by atoms with Crippen LogP contribution in [0.4, 0.5) is 5.95 Å². The Labute approximate surface area is 124 Å². The number of nitrogens with one attached hydrogen (secondary N) is 2. The molecule has 1 rings (SSSR count). The number of aromatic nitrogens is 2. The van der Waals surface area contributed by atoms with Crippen LogP contribution in [0, 0.1) is 6.92 Å². The monoisotopic (exact) mass is 294 g/mol. The molecule has 0 fully saturated rings. The van der Waals surface area contributed by atoms with Gasteiger partial charge < -0.3 is 15.4 Å². The molecule has 0 aliphatic carbocycles. The highest BCUT2D eigenvalue weighted by Gasteiger charge is 2.16. The molecule has 0 spiro atoms. The molecule has 0 saturated carbocycles. The van der Waals surface area contributed by atoms with Crippen molar-refractivity contribution in [2.45, 2.75) is 40.2 Å². The van der Waals surface area contributed by atoms with Gasteiger partial charge in [-0.3, -0.25) is 4.79 Å². The van der Waals surface area contributed by atoms with E-state index in [2.05, 4.69) is 20.6 Å². The third-order valence-electron chi connectivity index (χ3n) is 2.76. The normalized spacial score (nSPS) is 11.6. The molecule has 21 heavy (non-hydrogen) atoms. The molecule has 7 heteroatoms. The maximum Gasteiger partial charge on any atom is 0.341 e. The van der Waals surface area contributed by atoms with Gasteiger partial charge in [-0.25, -0.2) is 14.8 Å². The first-order valence-corrected chi connectivity index (χ1v) is 7.04. The molecule has 1 heterocycles. The lowest BCUT2D eigenvalue weighted by Gasteiger charge is -2.14. The number of rotatable bonds is 7. The lowest BCUT2D eigenvalue weighted by molar-refractivity contribution is -0.121. The summed E-state index contributed by atoms with van der Waals surface area (Å²) in [5, 5.41) is 5.69. The predicted octanol–water partition coefficient (Wildman–Crippen LogP) is 1.29. The Morgan fingerprint density at radius 1 is 1.38 bits per heavy atom. The summed E-state index contributed by atoms with van der Waals surface area (Å²) < 4.78 is 4.91. The summed E-state index contributed by atoms with van der Waals surface area (Å²) in [5.41, 5.74) is 0.831. The van der Waals surface area contributed by atoms with Crippen LogP contribution in [-0.4, -0.2) is 41.0 Å². The summed E-state index contributed by atoms with van der Waals surface area (Å²) in [4.78, 5) is 31.6. The van der Waals surface area contributed by atoms with Crippen LogP contribution in [0.1, 0.15) is 43.2 Å². The van der Waals surface area contributed by atoms with E-state index >= 15 is 0 Å². The van der Waals surface area contributed by atoms with Crippen molar-refractivity contribution in [1.29, 1.82) is 0 Å². The fourth-order valence-corrected chi connectivity index (χ4v) is 1.61. The molecule has 0 aliphatic heterocycles. The first-order valence-electron chi connectivity index (χ1n) is 7.04. The van der Waals surface area contributed by atoms with Gasteiger partial charge in [0.2, 0.25) is 11.9 Å². The molecule has 1 aromatic rings. The number of nitrogens with zero attached hydrogens (tertiary/aromatic N) is 2. The molecule has 2 N–H and O–H groups in total. The van der Waals surface area contributed by atoms with Gasteiger partial charge in [-0.2, -0.15) is 0 Å². The van der Waals surface area contributed by atoms with E-state index in [-0.39, 0.29) is 5.91 Å². The van der Waals surface area contributed by atoms with E-state index < -0.39 is 12.0 Å². The second-order valence-corrected chi connectivity index (χ2v) is 4.57. The molecule has 0 saturated heterocycles. The van der Waals surface area contributed by atoms with Crippen molar-refractivity contribution in [3.63, 3.8) is 0 Å². The van der Waals surface area contributed by atoms with Gasteiger partial charge in [0.05, 0.1) is 17.9 Å². The number of aryl methyl sites for hydroxylation is 1. The third-order valence-corrected chi connectivity index (χ3v) is 2.76. The van der Waals surface area contributed by atoms with Crippen LogP contribution in [0.15, 0.2) is 6.20 Å². The van der Waals surface area contributed by atoms with Crippen LogP contribution in [0.5, 0.6) is 0 Å². The summed E-state index contributed by atoms with van der Waals surface area (Å²) in [7, 11) is 0. The largest absolute Gasteiger partial charge is 0.462 e. The number of amides is 1. The summed E-state index contributed by atoms with van der Waals surface area (Å²) in [6.07, 6.45) is 2.28. The molecule has 0 aromatic carbocycles. The van der Waals surface area contributed by atoms with E-state index in [0.29, 0.717) is 30.4 Å². The van der Waals surface area contributed by atoms with Gasteiger partial charge in [0.15, 0.2) is 0 Å². The highest BCUT2D eigenvalue weighted by molar-refractivity contribution is 5.90. The lowest BCUT2D eigenvalue weighted by atomic mass is 10.2. The fraction of sp³-hybridized carbons (Fsp3) is 0.571. The van der Waals surface area contributed by atoms with E-state index in [4.69, 9.17) is 4.74 Å². The number of hydrogen-bond donors (Lipinski definition) is 2. The summed E-state index contributed by atoms with van der Waals surface area (Å²) >= 11 is 0. The van der Waals surface area contributed by atoms with Crippen molar-refractivity contribution >= 4 is 17.8 Å². The molecule has 0 radical (unpaired) electrons. The number of esters is 1. The van der Waals surface area contributed by atoms with Gasteiger partial charge >= 0.3 is 5.97 Å². The number of ether oxygens (including phenoxy) is 1. The van der Waals surface area contributed by atoms with E-state index in [0.717, 1.165) is 6.42 Å². The van der Waals surface area contributed by atoms with Gasteiger partial charge in [-0.1, -0.05) is 6.92 Å². The number of carbonyl (C=O) groups is 2. The van der Waals surface area contributed by atoms with Gasteiger partial charge in [-0.15, -0.1) is 0 Å². The summed E-state index contributed by atoms with van der Waals surface area (Å²) in [6, 6.07) is -0.454. The smallest absolute Gasteiger partial charge is 0.341 e.